The van der Waals surface area contributed by atoms with Crippen LogP contribution in [0.2, 0.25) is 0 Å². The minimum absolute atomic E-state index is 0.450. The Balaban J connectivity index is 2.46. The molecular weight excluding hydrogens is 204 g/mol. The van der Waals surface area contributed by atoms with Crippen molar-refractivity contribution in [3.63, 3.8) is 0 Å². The van der Waals surface area contributed by atoms with Gasteiger partial charge in [-0.05, 0) is 23.6 Å². The smallest absolute Gasteiger partial charge is 0.203 e. The molecule has 0 radical (unpaired) electrons. The highest BCUT2D eigenvalue weighted by atomic mass is 16.5. The molecule has 0 fully saturated rings. The van der Waals surface area contributed by atoms with E-state index in [1.165, 1.54) is 5.56 Å². The molecule has 1 heterocycles. The second-order valence-electron chi connectivity index (χ2n) is 4.26. The number of rotatable bonds is 2. The zero-order valence-corrected chi connectivity index (χ0v) is 10.1. The summed E-state index contributed by atoms with van der Waals surface area (Å²) >= 11 is 0. The predicted octanol–water partition coefficient (Wildman–Crippen LogP) is 2.98. The van der Waals surface area contributed by atoms with Crippen LogP contribution in [0.15, 0.2) is 12.1 Å². The van der Waals surface area contributed by atoms with Crippen molar-refractivity contribution in [1.82, 2.24) is 0 Å². The van der Waals surface area contributed by atoms with Gasteiger partial charge in [0.25, 0.3) is 0 Å². The number of fused-ring (bicyclic) bond motifs is 1. The molecule has 1 aromatic rings. The van der Waals surface area contributed by atoms with Crippen LogP contribution >= 0.6 is 0 Å². The van der Waals surface area contributed by atoms with Gasteiger partial charge in [-0.2, -0.15) is 0 Å². The number of ether oxygens (including phenoxy) is 3. The summed E-state index contributed by atoms with van der Waals surface area (Å²) in [5, 5.41) is 0. The van der Waals surface area contributed by atoms with E-state index in [9.17, 15) is 0 Å². The van der Waals surface area contributed by atoms with Crippen LogP contribution in [0, 0.1) is 0 Å². The fraction of sp³-hybridized carbons (Fsp3) is 0.538. The zero-order chi connectivity index (χ0) is 11.5. The summed E-state index contributed by atoms with van der Waals surface area (Å²) in [5.74, 6) is 2.76. The van der Waals surface area contributed by atoms with E-state index in [0.717, 1.165) is 23.7 Å². The van der Waals surface area contributed by atoms with Crippen molar-refractivity contribution >= 4 is 0 Å². The Bertz CT molecular complexity index is 372. The maximum absolute atomic E-state index is 5.68. The second kappa shape index (κ2) is 4.64. The van der Waals surface area contributed by atoms with Gasteiger partial charge in [-0.15, -0.1) is 0 Å². The van der Waals surface area contributed by atoms with E-state index < -0.39 is 0 Å². The lowest BCUT2D eigenvalue weighted by Gasteiger charge is -2.15. The molecule has 0 amide bonds. The van der Waals surface area contributed by atoms with Gasteiger partial charge >= 0.3 is 0 Å². The lowest BCUT2D eigenvalue weighted by atomic mass is 10.0. The highest BCUT2D eigenvalue weighted by Crippen LogP contribution is 2.41. The van der Waals surface area contributed by atoms with E-state index in [4.69, 9.17) is 14.2 Å². The summed E-state index contributed by atoms with van der Waals surface area (Å²) in [5.41, 5.74) is 1.21. The minimum Gasteiger partial charge on any atom is -0.493 e. The lowest BCUT2D eigenvalue weighted by molar-refractivity contribution is 0.289. The summed E-state index contributed by atoms with van der Waals surface area (Å²) in [6.07, 6.45) is 0.912. The van der Waals surface area contributed by atoms with Gasteiger partial charge in [-0.25, -0.2) is 0 Å². The van der Waals surface area contributed by atoms with Crippen molar-refractivity contribution in [3.8, 4) is 17.2 Å². The highest BCUT2D eigenvalue weighted by molar-refractivity contribution is 5.54. The summed E-state index contributed by atoms with van der Waals surface area (Å²) in [4.78, 5) is 0. The van der Waals surface area contributed by atoms with Gasteiger partial charge in [0.1, 0.15) is 0 Å². The van der Waals surface area contributed by atoms with Crippen molar-refractivity contribution in [3.05, 3.63) is 17.7 Å². The summed E-state index contributed by atoms with van der Waals surface area (Å²) in [6.45, 7) is 5.69. The van der Waals surface area contributed by atoms with Gasteiger partial charge in [-0.1, -0.05) is 13.8 Å². The van der Waals surface area contributed by atoms with Crippen molar-refractivity contribution in [2.75, 3.05) is 20.3 Å². The fourth-order valence-corrected chi connectivity index (χ4v) is 1.75. The van der Waals surface area contributed by atoms with Crippen LogP contribution in [0.25, 0.3) is 0 Å². The van der Waals surface area contributed by atoms with Gasteiger partial charge in [0.2, 0.25) is 5.75 Å². The van der Waals surface area contributed by atoms with Gasteiger partial charge in [-0.3, -0.25) is 0 Å². The molecule has 2 rings (SSSR count). The molecule has 0 spiro atoms. The number of hydrogen-bond donors (Lipinski definition) is 0. The molecule has 0 saturated heterocycles. The van der Waals surface area contributed by atoms with E-state index in [-0.39, 0.29) is 0 Å². The summed E-state index contributed by atoms with van der Waals surface area (Å²) < 4.78 is 16.7. The van der Waals surface area contributed by atoms with Gasteiger partial charge in [0.15, 0.2) is 11.5 Å². The molecule has 0 aromatic heterocycles. The number of hydrogen-bond acceptors (Lipinski definition) is 3. The summed E-state index contributed by atoms with van der Waals surface area (Å²) in [6, 6.07) is 4.08. The molecule has 3 nitrogen and oxygen atoms in total. The predicted molar refractivity (Wildman–Crippen MR) is 62.7 cm³/mol. The zero-order valence-electron chi connectivity index (χ0n) is 10.1. The molecule has 1 aromatic carbocycles. The number of benzene rings is 1. The standard InChI is InChI=1S/C13H18O3/c1-9(2)10-7-11(14-3)13-12(8-10)15-5-4-6-16-13/h7-9H,4-6H2,1-3H3. The third-order valence-corrected chi connectivity index (χ3v) is 2.72. The van der Waals surface area contributed by atoms with Crippen molar-refractivity contribution in [2.24, 2.45) is 0 Å². The topological polar surface area (TPSA) is 27.7 Å². The molecular formula is C13H18O3. The van der Waals surface area contributed by atoms with E-state index in [1.807, 2.05) is 12.1 Å². The fourth-order valence-electron chi connectivity index (χ4n) is 1.75. The molecule has 0 saturated carbocycles. The van der Waals surface area contributed by atoms with Crippen LogP contribution in [-0.2, 0) is 0 Å². The van der Waals surface area contributed by atoms with Crippen LogP contribution in [0.3, 0.4) is 0 Å². The van der Waals surface area contributed by atoms with Crippen LogP contribution in [0.5, 0.6) is 17.2 Å². The van der Waals surface area contributed by atoms with E-state index in [1.54, 1.807) is 7.11 Å². The summed E-state index contributed by atoms with van der Waals surface area (Å²) in [7, 11) is 1.66. The molecule has 88 valence electrons. The molecule has 1 aliphatic rings. The Kier molecular flexibility index (Phi) is 3.22. The Morgan fingerprint density at radius 1 is 1.19 bits per heavy atom. The first-order valence-electron chi connectivity index (χ1n) is 5.70. The molecule has 0 bridgehead atoms. The van der Waals surface area contributed by atoms with Gasteiger partial charge < -0.3 is 14.2 Å². The van der Waals surface area contributed by atoms with Crippen LogP contribution in [-0.4, -0.2) is 20.3 Å². The van der Waals surface area contributed by atoms with Crippen molar-refractivity contribution in [2.45, 2.75) is 26.2 Å². The molecule has 0 N–H and O–H groups in total. The maximum Gasteiger partial charge on any atom is 0.203 e. The Labute approximate surface area is 96.3 Å². The monoisotopic (exact) mass is 222 g/mol. The second-order valence-corrected chi connectivity index (χ2v) is 4.26. The SMILES string of the molecule is COc1cc(C(C)C)cc2c1OCCCO2. The molecule has 16 heavy (non-hydrogen) atoms. The third kappa shape index (κ3) is 2.08. The first kappa shape index (κ1) is 11.1. The maximum atomic E-state index is 5.68. The Hall–Kier alpha value is -1.38. The Morgan fingerprint density at radius 2 is 1.94 bits per heavy atom. The molecule has 3 heteroatoms. The molecule has 0 atom stereocenters. The largest absolute Gasteiger partial charge is 0.493 e. The average Bonchev–Trinajstić information content (AvgIpc) is 2.52. The Morgan fingerprint density at radius 3 is 2.62 bits per heavy atom. The van der Waals surface area contributed by atoms with Crippen molar-refractivity contribution in [1.29, 1.82) is 0 Å². The van der Waals surface area contributed by atoms with E-state index >= 15 is 0 Å². The van der Waals surface area contributed by atoms with Gasteiger partial charge in [0, 0.05) is 6.42 Å². The highest BCUT2D eigenvalue weighted by Gasteiger charge is 2.18. The van der Waals surface area contributed by atoms with E-state index in [2.05, 4.69) is 13.8 Å². The molecule has 1 aliphatic heterocycles. The molecule has 0 aliphatic carbocycles. The third-order valence-electron chi connectivity index (χ3n) is 2.72. The van der Waals surface area contributed by atoms with Crippen LogP contribution in [0.1, 0.15) is 31.7 Å². The van der Waals surface area contributed by atoms with Crippen LogP contribution < -0.4 is 14.2 Å². The average molecular weight is 222 g/mol. The van der Waals surface area contributed by atoms with Crippen LogP contribution in [0.4, 0.5) is 0 Å². The normalized spacial score (nSPS) is 14.8. The van der Waals surface area contributed by atoms with Gasteiger partial charge in [0.05, 0.1) is 20.3 Å². The minimum atomic E-state index is 0.450. The first-order valence-corrected chi connectivity index (χ1v) is 5.70. The quantitative estimate of drug-likeness (QED) is 0.770. The van der Waals surface area contributed by atoms with E-state index in [0.29, 0.717) is 19.1 Å². The lowest BCUT2D eigenvalue weighted by Crippen LogP contribution is -1.98. The van der Waals surface area contributed by atoms with Crippen molar-refractivity contribution < 1.29 is 14.2 Å². The number of methoxy groups -OCH3 is 1. The molecule has 0 unspecified atom stereocenters. The first-order chi connectivity index (χ1) is 7.72.